The van der Waals surface area contributed by atoms with Gasteiger partial charge in [0.05, 0.1) is 12.7 Å². The lowest BCUT2D eigenvalue weighted by Crippen LogP contribution is -2.36. The minimum Gasteiger partial charge on any atom is -0.383 e. The number of carbonyl (C=O) groups excluding carboxylic acids is 1. The van der Waals surface area contributed by atoms with Gasteiger partial charge in [0.2, 0.25) is 5.91 Å². The van der Waals surface area contributed by atoms with Crippen LogP contribution in [-0.2, 0) is 14.3 Å². The smallest absolute Gasteiger partial charge is 0.246 e. The Balaban J connectivity index is 0.00000324. The van der Waals surface area contributed by atoms with Crippen LogP contribution in [0.2, 0.25) is 0 Å². The van der Waals surface area contributed by atoms with Gasteiger partial charge in [0.25, 0.3) is 0 Å². The van der Waals surface area contributed by atoms with Gasteiger partial charge in [0.15, 0.2) is 0 Å². The number of carbonyl (C=O) groups is 1. The van der Waals surface area contributed by atoms with Crippen molar-refractivity contribution in [2.24, 2.45) is 0 Å². The lowest BCUT2D eigenvalue weighted by Gasteiger charge is -2.21. The summed E-state index contributed by atoms with van der Waals surface area (Å²) in [6, 6.07) is 0. The average molecular weight is 295 g/mol. The number of rotatable bonds is 9. The first-order valence-electron chi connectivity index (χ1n) is 6.91. The maximum absolute atomic E-state index is 11.5. The molecular formula is C13H27ClN2O3. The molecular weight excluding hydrogens is 268 g/mol. The van der Waals surface area contributed by atoms with Crippen molar-refractivity contribution < 1.29 is 14.3 Å². The molecule has 2 N–H and O–H groups in total. The van der Waals surface area contributed by atoms with Gasteiger partial charge in [-0.3, -0.25) is 4.79 Å². The molecule has 0 spiro atoms. The summed E-state index contributed by atoms with van der Waals surface area (Å²) in [5.74, 6) is -0.0193. The van der Waals surface area contributed by atoms with Crippen LogP contribution in [0.1, 0.15) is 32.1 Å². The predicted octanol–water partition coefficient (Wildman–Crippen LogP) is 1.11. The van der Waals surface area contributed by atoms with Crippen molar-refractivity contribution in [3.8, 4) is 0 Å². The zero-order chi connectivity index (χ0) is 13.1. The molecule has 0 radical (unpaired) electrons. The largest absolute Gasteiger partial charge is 0.383 e. The van der Waals surface area contributed by atoms with Gasteiger partial charge in [-0.2, -0.15) is 0 Å². The molecule has 1 aliphatic rings. The predicted molar refractivity (Wildman–Crippen MR) is 77.8 cm³/mol. The summed E-state index contributed by atoms with van der Waals surface area (Å²) in [4.78, 5) is 11.5. The van der Waals surface area contributed by atoms with Crippen molar-refractivity contribution in [2.45, 2.75) is 38.2 Å². The van der Waals surface area contributed by atoms with Crippen LogP contribution in [0.25, 0.3) is 0 Å². The fourth-order valence-electron chi connectivity index (χ4n) is 2.07. The van der Waals surface area contributed by atoms with Gasteiger partial charge in [-0.15, -0.1) is 12.4 Å². The molecule has 6 heteroatoms. The van der Waals surface area contributed by atoms with Crippen LogP contribution in [-0.4, -0.2) is 52.0 Å². The van der Waals surface area contributed by atoms with E-state index in [9.17, 15) is 4.79 Å². The average Bonchev–Trinajstić information content (AvgIpc) is 2.41. The van der Waals surface area contributed by atoms with Crippen molar-refractivity contribution in [2.75, 3.05) is 40.0 Å². The monoisotopic (exact) mass is 294 g/mol. The van der Waals surface area contributed by atoms with Crippen molar-refractivity contribution in [3.05, 3.63) is 0 Å². The number of hydrogen-bond donors (Lipinski definition) is 2. The molecule has 0 unspecified atom stereocenters. The van der Waals surface area contributed by atoms with E-state index >= 15 is 0 Å². The van der Waals surface area contributed by atoms with Crippen LogP contribution in [0, 0.1) is 0 Å². The molecule has 114 valence electrons. The highest BCUT2D eigenvalue weighted by Crippen LogP contribution is 2.19. The lowest BCUT2D eigenvalue weighted by atomic mass is 9.98. The molecule has 0 aliphatic heterocycles. The third-order valence-electron chi connectivity index (χ3n) is 3.11. The van der Waals surface area contributed by atoms with Crippen LogP contribution in [0.15, 0.2) is 0 Å². The molecule has 1 fully saturated rings. The van der Waals surface area contributed by atoms with Crippen LogP contribution >= 0.6 is 12.4 Å². The summed E-state index contributed by atoms with van der Waals surface area (Å²) in [5, 5.41) is 6.00. The fourth-order valence-corrected chi connectivity index (χ4v) is 2.07. The van der Waals surface area contributed by atoms with Gasteiger partial charge in [-0.1, -0.05) is 19.3 Å². The second kappa shape index (κ2) is 12.7. The van der Waals surface area contributed by atoms with E-state index in [4.69, 9.17) is 9.47 Å². The normalized spacial score (nSPS) is 15.8. The van der Waals surface area contributed by atoms with Gasteiger partial charge in [-0.05, 0) is 12.8 Å². The van der Waals surface area contributed by atoms with Gasteiger partial charge in [0.1, 0.15) is 6.61 Å². The maximum Gasteiger partial charge on any atom is 0.246 e. The number of methoxy groups -OCH3 is 1. The SMILES string of the molecule is COCCNCCNC(=O)COC1CCCCC1.Cl. The first kappa shape index (κ1) is 18.6. The van der Waals surface area contributed by atoms with E-state index in [-0.39, 0.29) is 24.9 Å². The van der Waals surface area contributed by atoms with E-state index in [1.54, 1.807) is 7.11 Å². The first-order chi connectivity index (χ1) is 8.83. The van der Waals surface area contributed by atoms with Crippen LogP contribution in [0.3, 0.4) is 0 Å². The molecule has 1 amide bonds. The molecule has 1 saturated carbocycles. The topological polar surface area (TPSA) is 59.6 Å². The van der Waals surface area contributed by atoms with E-state index in [0.29, 0.717) is 19.3 Å². The van der Waals surface area contributed by atoms with Crippen molar-refractivity contribution in [3.63, 3.8) is 0 Å². The summed E-state index contributed by atoms with van der Waals surface area (Å²) in [7, 11) is 1.67. The molecule has 1 aliphatic carbocycles. The minimum absolute atomic E-state index is 0. The Bertz CT molecular complexity index is 224. The van der Waals surface area contributed by atoms with E-state index in [1.807, 2.05) is 0 Å². The Hall–Kier alpha value is -0.360. The molecule has 0 saturated heterocycles. The molecule has 5 nitrogen and oxygen atoms in total. The van der Waals surface area contributed by atoms with E-state index in [2.05, 4.69) is 10.6 Å². The Kier molecular flexibility index (Phi) is 12.4. The first-order valence-corrected chi connectivity index (χ1v) is 6.91. The highest BCUT2D eigenvalue weighted by molar-refractivity contribution is 5.85. The zero-order valence-electron chi connectivity index (χ0n) is 11.8. The standard InChI is InChI=1S/C13H26N2O3.ClH/c1-17-10-9-14-7-8-15-13(16)11-18-12-5-3-2-4-6-12;/h12,14H,2-11H2,1H3,(H,15,16);1H. The molecule has 0 heterocycles. The number of halogens is 1. The van der Waals surface area contributed by atoms with Gasteiger partial charge in [-0.25, -0.2) is 0 Å². The van der Waals surface area contributed by atoms with Crippen LogP contribution in [0.4, 0.5) is 0 Å². The lowest BCUT2D eigenvalue weighted by molar-refractivity contribution is -0.128. The van der Waals surface area contributed by atoms with Crippen LogP contribution in [0.5, 0.6) is 0 Å². The Morgan fingerprint density at radius 2 is 1.89 bits per heavy atom. The van der Waals surface area contributed by atoms with Crippen molar-refractivity contribution in [1.29, 1.82) is 0 Å². The molecule has 1 rings (SSSR count). The Labute approximate surface area is 122 Å². The summed E-state index contributed by atoms with van der Waals surface area (Å²) in [5.41, 5.74) is 0. The zero-order valence-corrected chi connectivity index (χ0v) is 12.6. The molecule has 0 bridgehead atoms. The second-order valence-electron chi connectivity index (χ2n) is 4.66. The summed E-state index contributed by atoms with van der Waals surface area (Å²) >= 11 is 0. The molecule has 0 aromatic rings. The summed E-state index contributed by atoms with van der Waals surface area (Å²) < 4.78 is 10.5. The minimum atomic E-state index is -0.0193. The quantitative estimate of drug-likeness (QED) is 0.626. The number of hydrogen-bond acceptors (Lipinski definition) is 4. The molecule has 0 aromatic carbocycles. The highest BCUT2D eigenvalue weighted by Gasteiger charge is 2.14. The van der Waals surface area contributed by atoms with Gasteiger partial charge < -0.3 is 20.1 Å². The van der Waals surface area contributed by atoms with Crippen molar-refractivity contribution >= 4 is 18.3 Å². The molecule has 19 heavy (non-hydrogen) atoms. The van der Waals surface area contributed by atoms with Crippen LogP contribution < -0.4 is 10.6 Å². The molecule has 0 aromatic heterocycles. The Morgan fingerprint density at radius 1 is 1.16 bits per heavy atom. The van der Waals surface area contributed by atoms with E-state index < -0.39 is 0 Å². The van der Waals surface area contributed by atoms with Gasteiger partial charge in [0, 0.05) is 26.7 Å². The maximum atomic E-state index is 11.5. The number of ether oxygens (including phenoxy) is 2. The fraction of sp³-hybridized carbons (Fsp3) is 0.923. The van der Waals surface area contributed by atoms with Gasteiger partial charge >= 0.3 is 0 Å². The third-order valence-corrected chi connectivity index (χ3v) is 3.11. The highest BCUT2D eigenvalue weighted by atomic mass is 35.5. The molecule has 0 atom stereocenters. The number of amides is 1. The van der Waals surface area contributed by atoms with E-state index in [1.165, 1.54) is 19.3 Å². The Morgan fingerprint density at radius 3 is 2.58 bits per heavy atom. The summed E-state index contributed by atoms with van der Waals surface area (Å²) in [6.07, 6.45) is 6.27. The summed E-state index contributed by atoms with van der Waals surface area (Å²) in [6.45, 7) is 3.10. The third kappa shape index (κ3) is 10.1. The van der Waals surface area contributed by atoms with Crippen molar-refractivity contribution in [1.82, 2.24) is 10.6 Å². The van der Waals surface area contributed by atoms with E-state index in [0.717, 1.165) is 25.9 Å². The number of nitrogens with one attached hydrogen (secondary N) is 2. The second-order valence-corrected chi connectivity index (χ2v) is 4.66.